The number of H-pyrrole nitrogens is 1. The minimum atomic E-state index is -0.354. The summed E-state index contributed by atoms with van der Waals surface area (Å²) < 4.78 is 0. The third-order valence-electron chi connectivity index (χ3n) is 3.09. The Labute approximate surface area is 109 Å². The quantitative estimate of drug-likeness (QED) is 0.717. The highest BCUT2D eigenvalue weighted by atomic mass is 16.1. The number of nitrogens with zero attached hydrogens (tertiary/aromatic N) is 1. The van der Waals surface area contributed by atoms with Gasteiger partial charge in [0.05, 0.1) is 0 Å². The number of aromatic nitrogens is 1. The maximum atomic E-state index is 11.6. The van der Waals surface area contributed by atoms with Crippen LogP contribution in [0.15, 0.2) is 59.4 Å². The zero-order valence-electron chi connectivity index (χ0n) is 10.1. The lowest BCUT2D eigenvalue weighted by atomic mass is 10.0. The van der Waals surface area contributed by atoms with Crippen LogP contribution in [0, 0.1) is 11.3 Å². The largest absolute Gasteiger partial charge is 0.321 e. The molecule has 19 heavy (non-hydrogen) atoms. The van der Waals surface area contributed by atoms with E-state index in [2.05, 4.69) is 4.98 Å². The molecule has 0 aliphatic carbocycles. The lowest BCUT2D eigenvalue weighted by molar-refractivity contribution is 1.22. The third kappa shape index (κ3) is 2.00. The van der Waals surface area contributed by atoms with Crippen LogP contribution in [-0.2, 0) is 0 Å². The number of pyridine rings is 1. The van der Waals surface area contributed by atoms with E-state index in [0.717, 1.165) is 22.0 Å². The van der Waals surface area contributed by atoms with Crippen LogP contribution in [0.25, 0.3) is 22.0 Å². The van der Waals surface area contributed by atoms with Gasteiger partial charge in [0.25, 0.3) is 5.56 Å². The summed E-state index contributed by atoms with van der Waals surface area (Å²) in [6.07, 6.45) is 0. The van der Waals surface area contributed by atoms with Gasteiger partial charge in [0, 0.05) is 5.69 Å². The van der Waals surface area contributed by atoms with Gasteiger partial charge in [-0.2, -0.15) is 5.26 Å². The van der Waals surface area contributed by atoms with E-state index in [1.807, 2.05) is 48.5 Å². The van der Waals surface area contributed by atoms with E-state index in [1.165, 1.54) is 0 Å². The number of fused-ring (bicyclic) bond motifs is 1. The summed E-state index contributed by atoms with van der Waals surface area (Å²) in [5, 5.41) is 11.0. The summed E-state index contributed by atoms with van der Waals surface area (Å²) in [5.41, 5.74) is 1.42. The Morgan fingerprint density at radius 1 is 0.947 bits per heavy atom. The molecular weight excluding hydrogens is 236 g/mol. The monoisotopic (exact) mass is 246 g/mol. The molecule has 0 atom stereocenters. The van der Waals surface area contributed by atoms with Crippen molar-refractivity contribution in [3.05, 3.63) is 70.5 Å². The zero-order chi connectivity index (χ0) is 13.2. The Kier molecular flexibility index (Phi) is 2.62. The van der Waals surface area contributed by atoms with Crippen molar-refractivity contribution in [2.45, 2.75) is 0 Å². The van der Waals surface area contributed by atoms with Crippen LogP contribution in [0.5, 0.6) is 0 Å². The van der Waals surface area contributed by atoms with Gasteiger partial charge in [0.1, 0.15) is 11.6 Å². The van der Waals surface area contributed by atoms with Crippen molar-refractivity contribution in [2.24, 2.45) is 0 Å². The van der Waals surface area contributed by atoms with Crippen LogP contribution in [0.3, 0.4) is 0 Å². The topological polar surface area (TPSA) is 56.6 Å². The molecule has 3 heteroatoms. The predicted octanol–water partition coefficient (Wildman–Crippen LogP) is 3.07. The molecule has 1 heterocycles. The van der Waals surface area contributed by atoms with E-state index in [0.29, 0.717) is 0 Å². The fourth-order valence-corrected chi connectivity index (χ4v) is 2.09. The van der Waals surface area contributed by atoms with Crippen LogP contribution in [-0.4, -0.2) is 4.98 Å². The molecule has 2 aromatic carbocycles. The molecule has 0 saturated heterocycles. The summed E-state index contributed by atoms with van der Waals surface area (Å²) in [5.74, 6) is 0. The Hall–Kier alpha value is -2.86. The molecule has 0 saturated carbocycles. The van der Waals surface area contributed by atoms with Crippen LogP contribution < -0.4 is 5.56 Å². The highest BCUT2D eigenvalue weighted by molar-refractivity contribution is 5.86. The van der Waals surface area contributed by atoms with Gasteiger partial charge in [-0.05, 0) is 34.5 Å². The van der Waals surface area contributed by atoms with Crippen molar-refractivity contribution in [1.82, 2.24) is 4.98 Å². The first kappa shape index (κ1) is 11.2. The standard InChI is InChI=1S/C16H10N2O/c17-10-14-7-8-15(18-16(14)19)13-6-5-11-3-1-2-4-12(11)9-13/h1-9H,(H,18,19). The van der Waals surface area contributed by atoms with E-state index < -0.39 is 0 Å². The Morgan fingerprint density at radius 3 is 2.47 bits per heavy atom. The Morgan fingerprint density at radius 2 is 1.74 bits per heavy atom. The molecular formula is C16H10N2O. The predicted molar refractivity (Wildman–Crippen MR) is 74.7 cm³/mol. The molecule has 0 aliphatic rings. The number of nitrogens with one attached hydrogen (secondary N) is 1. The molecule has 0 bridgehead atoms. The van der Waals surface area contributed by atoms with Gasteiger partial charge in [-0.1, -0.05) is 36.4 Å². The molecule has 1 N–H and O–H groups in total. The summed E-state index contributed by atoms with van der Waals surface area (Å²) in [7, 11) is 0. The molecule has 1 aromatic heterocycles. The first-order valence-corrected chi connectivity index (χ1v) is 5.90. The van der Waals surface area contributed by atoms with Gasteiger partial charge in [-0.15, -0.1) is 0 Å². The molecule has 90 valence electrons. The lowest BCUT2D eigenvalue weighted by Crippen LogP contribution is -2.09. The summed E-state index contributed by atoms with van der Waals surface area (Å²) >= 11 is 0. The molecule has 0 spiro atoms. The van der Waals surface area contributed by atoms with Gasteiger partial charge >= 0.3 is 0 Å². The van der Waals surface area contributed by atoms with Crippen LogP contribution in [0.4, 0.5) is 0 Å². The molecule has 3 rings (SSSR count). The second-order valence-corrected chi connectivity index (χ2v) is 4.29. The molecule has 0 fully saturated rings. The second kappa shape index (κ2) is 4.43. The van der Waals surface area contributed by atoms with Crippen LogP contribution in [0.2, 0.25) is 0 Å². The van der Waals surface area contributed by atoms with Crippen molar-refractivity contribution in [3.63, 3.8) is 0 Å². The normalized spacial score (nSPS) is 10.3. The number of hydrogen-bond acceptors (Lipinski definition) is 2. The van der Waals surface area contributed by atoms with Gasteiger partial charge in [0.15, 0.2) is 0 Å². The number of hydrogen-bond donors (Lipinski definition) is 1. The summed E-state index contributed by atoms with van der Waals surface area (Å²) in [4.78, 5) is 14.4. The lowest BCUT2D eigenvalue weighted by Gasteiger charge is -2.04. The third-order valence-corrected chi connectivity index (χ3v) is 3.09. The van der Waals surface area contributed by atoms with Crippen molar-refractivity contribution in [2.75, 3.05) is 0 Å². The molecule has 0 unspecified atom stereocenters. The van der Waals surface area contributed by atoms with Crippen LogP contribution in [0.1, 0.15) is 5.56 Å². The van der Waals surface area contributed by atoms with Crippen molar-refractivity contribution < 1.29 is 0 Å². The second-order valence-electron chi connectivity index (χ2n) is 4.29. The molecule has 3 aromatic rings. The van der Waals surface area contributed by atoms with E-state index in [4.69, 9.17) is 5.26 Å². The minimum absolute atomic E-state index is 0.129. The van der Waals surface area contributed by atoms with E-state index in [-0.39, 0.29) is 11.1 Å². The Bertz CT molecular complexity index is 856. The van der Waals surface area contributed by atoms with E-state index in [9.17, 15) is 4.79 Å². The summed E-state index contributed by atoms with van der Waals surface area (Å²) in [6.45, 7) is 0. The maximum Gasteiger partial charge on any atom is 0.266 e. The average molecular weight is 246 g/mol. The zero-order valence-corrected chi connectivity index (χ0v) is 10.1. The highest BCUT2D eigenvalue weighted by Gasteiger charge is 2.03. The number of nitriles is 1. The average Bonchev–Trinajstić information content (AvgIpc) is 2.46. The fraction of sp³-hybridized carbons (Fsp3) is 0. The molecule has 0 aliphatic heterocycles. The number of benzene rings is 2. The minimum Gasteiger partial charge on any atom is -0.321 e. The fourth-order valence-electron chi connectivity index (χ4n) is 2.09. The van der Waals surface area contributed by atoms with E-state index in [1.54, 1.807) is 12.1 Å². The Balaban J connectivity index is 2.17. The van der Waals surface area contributed by atoms with Gasteiger partial charge in [0.2, 0.25) is 0 Å². The van der Waals surface area contributed by atoms with E-state index >= 15 is 0 Å². The first-order valence-electron chi connectivity index (χ1n) is 5.90. The molecule has 0 amide bonds. The van der Waals surface area contributed by atoms with Gasteiger partial charge in [-0.25, -0.2) is 0 Å². The SMILES string of the molecule is N#Cc1ccc(-c2ccc3ccccc3c2)[nH]c1=O. The maximum absolute atomic E-state index is 11.6. The number of rotatable bonds is 1. The van der Waals surface area contributed by atoms with Gasteiger partial charge < -0.3 is 4.98 Å². The smallest absolute Gasteiger partial charge is 0.266 e. The van der Waals surface area contributed by atoms with Crippen molar-refractivity contribution in [1.29, 1.82) is 5.26 Å². The molecule has 0 radical (unpaired) electrons. The highest BCUT2D eigenvalue weighted by Crippen LogP contribution is 2.22. The molecule has 3 nitrogen and oxygen atoms in total. The number of aromatic amines is 1. The van der Waals surface area contributed by atoms with Crippen LogP contribution >= 0.6 is 0 Å². The van der Waals surface area contributed by atoms with Gasteiger partial charge in [-0.3, -0.25) is 4.79 Å². The first-order chi connectivity index (χ1) is 9.28. The van der Waals surface area contributed by atoms with Crippen molar-refractivity contribution in [3.8, 4) is 17.3 Å². The van der Waals surface area contributed by atoms with Crippen molar-refractivity contribution >= 4 is 10.8 Å². The summed E-state index contributed by atoms with van der Waals surface area (Å²) in [6, 6.07) is 19.2.